The fraction of sp³-hybridized carbons (Fsp3) is 0.250. The summed E-state index contributed by atoms with van der Waals surface area (Å²) in [7, 11) is 0. The normalized spacial score (nSPS) is 17.5. The van der Waals surface area contributed by atoms with E-state index in [1.54, 1.807) is 18.2 Å². The molecule has 35 heavy (non-hydrogen) atoms. The van der Waals surface area contributed by atoms with Crippen LogP contribution in [-0.4, -0.2) is 70.8 Å². The van der Waals surface area contributed by atoms with Crippen LogP contribution in [-0.2, 0) is 14.3 Å². The number of carbonyl (C=O) groups excluding carboxylic acids is 3. The molecule has 0 spiro atoms. The van der Waals surface area contributed by atoms with Crippen LogP contribution >= 0.6 is 23.2 Å². The summed E-state index contributed by atoms with van der Waals surface area (Å²) in [5.74, 6) is -3.60. The van der Waals surface area contributed by atoms with E-state index in [0.29, 0.717) is 18.8 Å². The molecule has 15 heteroatoms. The number of carbonyl (C=O) groups is 4. The predicted molar refractivity (Wildman–Crippen MR) is 117 cm³/mol. The number of alkyl halides is 3. The number of urea groups is 1. The highest BCUT2D eigenvalue weighted by Crippen LogP contribution is 2.34. The Hall–Kier alpha value is -3.42. The van der Waals surface area contributed by atoms with Crippen molar-refractivity contribution in [2.75, 3.05) is 30.0 Å². The molecule has 186 valence electrons. The van der Waals surface area contributed by atoms with E-state index in [0.717, 1.165) is 4.90 Å². The van der Waals surface area contributed by atoms with Crippen LogP contribution in [0.15, 0.2) is 36.4 Å². The van der Waals surface area contributed by atoms with Crippen molar-refractivity contribution < 1.29 is 42.2 Å². The summed E-state index contributed by atoms with van der Waals surface area (Å²) in [6, 6.07) is 8.17. The minimum Gasteiger partial charge on any atom is -0.475 e. The van der Waals surface area contributed by atoms with E-state index in [1.165, 1.54) is 23.1 Å². The van der Waals surface area contributed by atoms with E-state index in [-0.39, 0.29) is 34.1 Å². The van der Waals surface area contributed by atoms with E-state index in [2.05, 4.69) is 10.3 Å². The number of aromatic nitrogens is 1. The van der Waals surface area contributed by atoms with Gasteiger partial charge < -0.3 is 20.1 Å². The molecule has 2 fully saturated rings. The predicted octanol–water partition coefficient (Wildman–Crippen LogP) is 3.44. The van der Waals surface area contributed by atoms with Gasteiger partial charge in [-0.3, -0.25) is 9.59 Å². The average molecular weight is 535 g/mol. The number of aliphatic carboxylic acids is 1. The van der Waals surface area contributed by atoms with Crippen LogP contribution in [0, 0.1) is 0 Å². The van der Waals surface area contributed by atoms with Crippen LogP contribution in [0.5, 0.6) is 0 Å². The molecule has 1 unspecified atom stereocenters. The number of carboxylic acids is 1. The summed E-state index contributed by atoms with van der Waals surface area (Å²) < 4.78 is 37.0. The third-order valence-corrected chi connectivity index (χ3v) is 5.22. The number of hydrogen-bond donors (Lipinski definition) is 2. The Morgan fingerprint density at radius 3 is 2.43 bits per heavy atom. The monoisotopic (exact) mass is 534 g/mol. The molecule has 2 aromatic rings. The van der Waals surface area contributed by atoms with E-state index < -0.39 is 30.1 Å². The van der Waals surface area contributed by atoms with Crippen LogP contribution in [0.1, 0.15) is 10.5 Å². The second kappa shape index (κ2) is 10.5. The van der Waals surface area contributed by atoms with Crippen molar-refractivity contribution in [1.29, 1.82) is 0 Å². The molecule has 2 N–H and O–H groups in total. The second-order valence-electron chi connectivity index (χ2n) is 7.01. The maximum absolute atomic E-state index is 12.6. The van der Waals surface area contributed by atoms with Crippen molar-refractivity contribution in [2.45, 2.75) is 12.2 Å². The summed E-state index contributed by atoms with van der Waals surface area (Å²) in [5.41, 5.74) is 0.792. The van der Waals surface area contributed by atoms with Crippen LogP contribution in [0.3, 0.4) is 0 Å². The van der Waals surface area contributed by atoms with E-state index in [4.69, 9.17) is 37.8 Å². The Bertz CT molecular complexity index is 1160. The van der Waals surface area contributed by atoms with Crippen molar-refractivity contribution in [3.05, 3.63) is 52.3 Å². The lowest BCUT2D eigenvalue weighted by molar-refractivity contribution is -0.192. The van der Waals surface area contributed by atoms with Gasteiger partial charge in [0, 0.05) is 12.2 Å². The van der Waals surface area contributed by atoms with Gasteiger partial charge in [0.25, 0.3) is 11.8 Å². The molecule has 2 aliphatic heterocycles. The molecule has 2 aliphatic rings. The van der Waals surface area contributed by atoms with Gasteiger partial charge in [-0.15, -0.1) is 0 Å². The second-order valence-corrected chi connectivity index (χ2v) is 7.80. The number of nitrogens with zero attached hydrogens (tertiary/aromatic N) is 3. The first-order chi connectivity index (χ1) is 16.4. The third-order valence-electron chi connectivity index (χ3n) is 4.71. The molecular formula is C20H15Cl2F3N4O6. The molecule has 1 aromatic carbocycles. The number of fused-ring (bicyclic) bond motifs is 1. The highest BCUT2D eigenvalue weighted by molar-refractivity contribution is 6.36. The number of benzene rings is 1. The zero-order chi connectivity index (χ0) is 25.9. The molecule has 1 atom stereocenters. The van der Waals surface area contributed by atoms with Crippen molar-refractivity contribution in [1.82, 2.24) is 9.88 Å². The first-order valence-corrected chi connectivity index (χ1v) is 10.4. The Labute approximate surface area is 205 Å². The number of halogens is 5. The largest absolute Gasteiger partial charge is 0.490 e. The van der Waals surface area contributed by atoms with E-state index >= 15 is 0 Å². The number of amides is 4. The van der Waals surface area contributed by atoms with Crippen LogP contribution in [0.2, 0.25) is 10.2 Å². The summed E-state index contributed by atoms with van der Waals surface area (Å²) in [6.45, 7) is 0.906. The highest BCUT2D eigenvalue weighted by Gasteiger charge is 2.47. The number of anilines is 2. The molecule has 0 bridgehead atoms. The van der Waals surface area contributed by atoms with Gasteiger partial charge in [-0.1, -0.05) is 29.3 Å². The first kappa shape index (κ1) is 26.2. The van der Waals surface area contributed by atoms with E-state index in [1.807, 2.05) is 0 Å². The Balaban J connectivity index is 0.000000429. The molecule has 0 aliphatic carbocycles. The van der Waals surface area contributed by atoms with Crippen molar-refractivity contribution in [3.8, 4) is 0 Å². The quantitative estimate of drug-likeness (QED) is 0.455. The Kier molecular flexibility index (Phi) is 7.83. The van der Waals surface area contributed by atoms with Crippen molar-refractivity contribution in [3.63, 3.8) is 0 Å². The summed E-state index contributed by atoms with van der Waals surface area (Å²) >= 11 is 12.1. The number of hydrogen-bond acceptors (Lipinski definition) is 6. The molecule has 3 heterocycles. The number of imide groups is 1. The molecule has 1 aromatic heterocycles. The van der Waals surface area contributed by atoms with Gasteiger partial charge in [0.05, 0.1) is 23.9 Å². The van der Waals surface area contributed by atoms with Crippen LogP contribution in [0.4, 0.5) is 29.3 Å². The zero-order valence-electron chi connectivity index (χ0n) is 17.4. The molecule has 0 saturated carbocycles. The molecule has 0 radical (unpaired) electrons. The minimum atomic E-state index is -5.08. The van der Waals surface area contributed by atoms with Gasteiger partial charge in [0.15, 0.2) is 0 Å². The van der Waals surface area contributed by atoms with Gasteiger partial charge in [-0.05, 0) is 30.3 Å². The molecule has 2 saturated heterocycles. The third kappa shape index (κ3) is 5.99. The van der Waals surface area contributed by atoms with Crippen LogP contribution < -0.4 is 10.2 Å². The number of rotatable bonds is 3. The lowest BCUT2D eigenvalue weighted by atomic mass is 10.2. The zero-order valence-corrected chi connectivity index (χ0v) is 18.9. The number of morpholine rings is 1. The number of ether oxygens (including phenoxy) is 1. The number of pyridine rings is 1. The molecule has 10 nitrogen and oxygen atoms in total. The van der Waals surface area contributed by atoms with Gasteiger partial charge in [0.1, 0.15) is 16.9 Å². The maximum Gasteiger partial charge on any atom is 0.490 e. The number of carboxylic acid groups (broad SMARTS) is 1. The lowest BCUT2D eigenvalue weighted by Crippen LogP contribution is -2.45. The average Bonchev–Trinajstić information content (AvgIpc) is 3.04. The Morgan fingerprint density at radius 2 is 1.86 bits per heavy atom. The van der Waals surface area contributed by atoms with E-state index in [9.17, 15) is 27.6 Å². The van der Waals surface area contributed by atoms with Gasteiger partial charge >= 0.3 is 18.2 Å². The topological polar surface area (TPSA) is 129 Å². The minimum absolute atomic E-state index is 0.148. The van der Waals surface area contributed by atoms with Crippen molar-refractivity contribution >= 4 is 58.4 Å². The highest BCUT2D eigenvalue weighted by atomic mass is 35.5. The van der Waals surface area contributed by atoms with Gasteiger partial charge in [0.2, 0.25) is 0 Å². The fourth-order valence-corrected chi connectivity index (χ4v) is 3.56. The first-order valence-electron chi connectivity index (χ1n) is 9.66. The standard InChI is InChI=1S/C18H14Cl2N4O4.C2HF3O2/c19-11-8-10(21-16(25)12-2-1-3-15(20)22-12)4-5-13(11)24-17(26)14-9-28-7-6-23(14)18(24)27;3-2(4,5)1(6)7/h1-5,8,14H,6-7,9H2,(H,21,25);(H,6,7). The Morgan fingerprint density at radius 1 is 1.17 bits per heavy atom. The summed E-state index contributed by atoms with van der Waals surface area (Å²) in [6.07, 6.45) is -5.08. The summed E-state index contributed by atoms with van der Waals surface area (Å²) in [5, 5.41) is 10.1. The fourth-order valence-electron chi connectivity index (χ4n) is 3.13. The number of nitrogens with one attached hydrogen (secondary N) is 1. The maximum atomic E-state index is 12.6. The van der Waals surface area contributed by atoms with Gasteiger partial charge in [-0.2, -0.15) is 13.2 Å². The summed E-state index contributed by atoms with van der Waals surface area (Å²) in [4.78, 5) is 52.9. The van der Waals surface area contributed by atoms with Crippen LogP contribution in [0.25, 0.3) is 0 Å². The smallest absolute Gasteiger partial charge is 0.475 e. The van der Waals surface area contributed by atoms with Crippen molar-refractivity contribution in [2.24, 2.45) is 0 Å². The molecular weight excluding hydrogens is 520 g/mol. The SMILES string of the molecule is O=C(Nc1ccc(N2C(=O)C3COCCN3C2=O)c(Cl)c1)c1cccc(Cl)n1.O=C(O)C(F)(F)F. The molecule has 4 amide bonds. The van der Waals surface area contributed by atoms with Gasteiger partial charge in [-0.25, -0.2) is 19.5 Å². The molecule has 4 rings (SSSR count). The lowest BCUT2D eigenvalue weighted by Gasteiger charge is -2.26.